The average Bonchev–Trinajstić information content (AvgIpc) is 2.34. The van der Waals surface area contributed by atoms with Gasteiger partial charge in [-0.05, 0) is 19.6 Å². The highest BCUT2D eigenvalue weighted by atomic mass is 32.6. The molecule has 6 atom stereocenters. The topological polar surface area (TPSA) is 9.23 Å². The molecular weight excluding hydrogens is 200 g/mol. The third-order valence-electron chi connectivity index (χ3n) is 1.77. The van der Waals surface area contributed by atoms with E-state index in [1.165, 1.54) is 6.42 Å². The third kappa shape index (κ3) is 2.33. The van der Waals surface area contributed by atoms with Crippen molar-refractivity contribution in [1.29, 1.82) is 0 Å². The number of ether oxygens (including phenoxy) is 1. The summed E-state index contributed by atoms with van der Waals surface area (Å²) in [5, 5.41) is 0. The summed E-state index contributed by atoms with van der Waals surface area (Å²) in [5.41, 5.74) is 0. The first-order valence-corrected chi connectivity index (χ1v) is 10.1. The lowest BCUT2D eigenvalue weighted by molar-refractivity contribution is 0.160. The molecule has 0 N–H and O–H groups in total. The molecule has 1 aliphatic heterocycles. The van der Waals surface area contributed by atoms with Crippen molar-refractivity contribution < 1.29 is 4.74 Å². The largest absolute Gasteiger partial charge is 0.373 e. The standard InChI is InChI=1S/C5H14OP4/c1-4-2-3-6-5(4)10(8)9-7/h4-5,9H,2-3,7-8H2,1H3/t4-,5+,10?/m0/s1. The van der Waals surface area contributed by atoms with Crippen molar-refractivity contribution >= 4 is 33.1 Å². The quantitative estimate of drug-likeness (QED) is 0.642. The summed E-state index contributed by atoms with van der Waals surface area (Å²) >= 11 is 0. The fraction of sp³-hybridized carbons (Fsp3) is 1.00. The molecule has 0 spiro atoms. The van der Waals surface area contributed by atoms with E-state index in [-0.39, 0.29) is 7.30 Å². The molecule has 1 fully saturated rings. The van der Waals surface area contributed by atoms with Gasteiger partial charge in [0.2, 0.25) is 0 Å². The van der Waals surface area contributed by atoms with Gasteiger partial charge in [0.15, 0.2) is 0 Å². The van der Waals surface area contributed by atoms with Gasteiger partial charge in [-0.25, -0.2) is 0 Å². The van der Waals surface area contributed by atoms with E-state index in [0.717, 1.165) is 20.5 Å². The second-order valence-corrected chi connectivity index (χ2v) is 12.0. The van der Waals surface area contributed by atoms with E-state index in [9.17, 15) is 0 Å². The summed E-state index contributed by atoms with van der Waals surface area (Å²) in [6, 6.07) is 0. The van der Waals surface area contributed by atoms with Crippen molar-refractivity contribution in [2.75, 3.05) is 6.61 Å². The van der Waals surface area contributed by atoms with Gasteiger partial charge < -0.3 is 4.74 Å². The van der Waals surface area contributed by atoms with Crippen molar-refractivity contribution in [2.24, 2.45) is 5.92 Å². The smallest absolute Gasteiger partial charge is 0.0866 e. The predicted molar refractivity (Wildman–Crippen MR) is 58.2 cm³/mol. The average molecular weight is 214 g/mol. The number of hydrogen-bond acceptors (Lipinski definition) is 1. The van der Waals surface area contributed by atoms with Crippen molar-refractivity contribution in [2.45, 2.75) is 19.2 Å². The van der Waals surface area contributed by atoms with E-state index in [2.05, 4.69) is 24.8 Å². The molecule has 1 aliphatic rings. The van der Waals surface area contributed by atoms with Gasteiger partial charge in [-0.2, -0.15) is 0 Å². The monoisotopic (exact) mass is 214 g/mol. The summed E-state index contributed by atoms with van der Waals surface area (Å²) in [5.74, 6) is 1.35. The predicted octanol–water partition coefficient (Wildman–Crippen LogP) is 3.02. The lowest BCUT2D eigenvalue weighted by atomic mass is 10.2. The molecule has 0 saturated carbocycles. The Morgan fingerprint density at radius 3 is 2.80 bits per heavy atom. The maximum absolute atomic E-state index is 5.62. The van der Waals surface area contributed by atoms with Crippen molar-refractivity contribution in [1.82, 2.24) is 0 Å². The van der Waals surface area contributed by atoms with Gasteiger partial charge in [0.1, 0.15) is 0 Å². The summed E-state index contributed by atoms with van der Waals surface area (Å²) in [4.78, 5) is 0. The lowest BCUT2D eigenvalue weighted by Gasteiger charge is -2.20. The van der Waals surface area contributed by atoms with Gasteiger partial charge in [-0.1, -0.05) is 14.9 Å². The van der Waals surface area contributed by atoms with Crippen LogP contribution in [-0.2, 0) is 4.74 Å². The molecule has 4 unspecified atom stereocenters. The summed E-state index contributed by atoms with van der Waals surface area (Å²) in [7, 11) is 6.79. The molecule has 1 saturated heterocycles. The van der Waals surface area contributed by atoms with Crippen LogP contribution in [0, 0.1) is 5.92 Å². The Morgan fingerprint density at radius 2 is 2.40 bits per heavy atom. The molecule has 0 aliphatic carbocycles. The molecule has 0 radical (unpaired) electrons. The van der Waals surface area contributed by atoms with E-state index < -0.39 is 0 Å². The second kappa shape index (κ2) is 4.64. The molecule has 0 aromatic carbocycles. The minimum absolute atomic E-state index is 0.0664. The molecule has 1 rings (SSSR count). The minimum Gasteiger partial charge on any atom is -0.373 e. The second-order valence-electron chi connectivity index (χ2n) is 2.56. The minimum atomic E-state index is 0.0664. The molecule has 0 bridgehead atoms. The third-order valence-corrected chi connectivity index (χ3v) is 12.5. The number of hydrogen-bond donors (Lipinski definition) is 0. The van der Waals surface area contributed by atoms with Gasteiger partial charge in [0.05, 0.1) is 5.85 Å². The Balaban J connectivity index is 2.38. The Morgan fingerprint density at radius 1 is 1.70 bits per heavy atom. The molecule has 10 heavy (non-hydrogen) atoms. The first-order chi connectivity index (χ1) is 4.75. The van der Waals surface area contributed by atoms with Crippen LogP contribution in [0.4, 0.5) is 0 Å². The zero-order valence-electron chi connectivity index (χ0n) is 6.08. The van der Waals surface area contributed by atoms with Crippen LogP contribution in [0.15, 0.2) is 0 Å². The van der Waals surface area contributed by atoms with Crippen molar-refractivity contribution in [3.8, 4) is 0 Å². The van der Waals surface area contributed by atoms with E-state index in [1.807, 2.05) is 0 Å². The maximum Gasteiger partial charge on any atom is 0.0866 e. The van der Waals surface area contributed by atoms with Crippen LogP contribution < -0.4 is 0 Å². The fourth-order valence-electron chi connectivity index (χ4n) is 1.11. The molecule has 0 aromatic heterocycles. The normalized spacial score (nSPS) is 37.5. The molecule has 60 valence electrons. The van der Waals surface area contributed by atoms with Crippen molar-refractivity contribution in [3.05, 3.63) is 0 Å². The van der Waals surface area contributed by atoms with Crippen LogP contribution in [0.25, 0.3) is 0 Å². The highest BCUT2D eigenvalue weighted by Gasteiger charge is 2.28. The Kier molecular flexibility index (Phi) is 4.53. The maximum atomic E-state index is 5.62. The molecule has 1 heterocycles. The van der Waals surface area contributed by atoms with Crippen LogP contribution in [0.5, 0.6) is 0 Å². The fourth-order valence-corrected chi connectivity index (χ4v) is 6.11. The van der Waals surface area contributed by atoms with Crippen LogP contribution in [-0.4, -0.2) is 12.5 Å². The van der Waals surface area contributed by atoms with Gasteiger partial charge >= 0.3 is 0 Å². The molecule has 5 heteroatoms. The zero-order valence-corrected chi connectivity index (χ0v) is 10.3. The first-order valence-electron chi connectivity index (χ1n) is 3.37. The summed E-state index contributed by atoms with van der Waals surface area (Å²) in [6.07, 6.45) is 1.26. The molecule has 0 aromatic rings. The van der Waals surface area contributed by atoms with Crippen LogP contribution in [0.2, 0.25) is 0 Å². The highest BCUT2D eigenvalue weighted by molar-refractivity contribution is 8.61. The van der Waals surface area contributed by atoms with Gasteiger partial charge in [0, 0.05) is 6.61 Å². The van der Waals surface area contributed by atoms with Gasteiger partial charge in [0.25, 0.3) is 0 Å². The SMILES string of the molecule is C[C@H]1CCO[C@@H]1P(P)PP. The van der Waals surface area contributed by atoms with Crippen LogP contribution >= 0.6 is 33.1 Å². The van der Waals surface area contributed by atoms with E-state index >= 15 is 0 Å². The van der Waals surface area contributed by atoms with E-state index in [0.29, 0.717) is 5.85 Å². The lowest BCUT2D eigenvalue weighted by Crippen LogP contribution is -2.05. The molecule has 0 amide bonds. The number of rotatable bonds is 2. The summed E-state index contributed by atoms with van der Waals surface area (Å²) in [6.45, 7) is 3.27. The Labute approximate surface area is 70.1 Å². The zero-order chi connectivity index (χ0) is 7.56. The first kappa shape index (κ1) is 9.77. The van der Waals surface area contributed by atoms with Crippen molar-refractivity contribution in [3.63, 3.8) is 0 Å². The van der Waals surface area contributed by atoms with E-state index in [1.54, 1.807) is 0 Å². The van der Waals surface area contributed by atoms with Gasteiger partial charge in [-0.15, -0.1) is 17.9 Å². The Bertz CT molecular complexity index is 110. The Hall–Kier alpha value is 1.68. The summed E-state index contributed by atoms with van der Waals surface area (Å²) < 4.78 is 5.62. The molecular formula is C5H14OP4. The van der Waals surface area contributed by atoms with E-state index in [4.69, 9.17) is 4.74 Å². The molecule has 1 nitrogen and oxygen atoms in total. The van der Waals surface area contributed by atoms with Crippen LogP contribution in [0.1, 0.15) is 13.3 Å². The highest BCUT2D eigenvalue weighted by Crippen LogP contribution is 2.71. The van der Waals surface area contributed by atoms with Crippen LogP contribution in [0.3, 0.4) is 0 Å². The van der Waals surface area contributed by atoms with Gasteiger partial charge in [-0.3, -0.25) is 0 Å².